The van der Waals surface area contributed by atoms with Gasteiger partial charge in [-0.3, -0.25) is 0 Å². The van der Waals surface area contributed by atoms with Gasteiger partial charge in [-0.15, -0.1) is 0 Å². The van der Waals surface area contributed by atoms with E-state index in [2.05, 4.69) is 0 Å². The van der Waals surface area contributed by atoms with E-state index >= 15 is 0 Å². The molecule has 0 atom stereocenters. The van der Waals surface area contributed by atoms with Gasteiger partial charge in [0.05, 0.1) is 6.61 Å². The second-order valence-corrected chi connectivity index (χ2v) is 3.45. The molecule has 5 heteroatoms. The van der Waals surface area contributed by atoms with Gasteiger partial charge in [0.2, 0.25) is 0 Å². The van der Waals surface area contributed by atoms with Gasteiger partial charge in [0.1, 0.15) is 5.75 Å². The summed E-state index contributed by atoms with van der Waals surface area (Å²) in [4.78, 5) is 13.3. The molecule has 0 saturated heterocycles. The molecule has 94 valence electrons. The minimum absolute atomic E-state index is 0.396. The van der Waals surface area contributed by atoms with Gasteiger partial charge >= 0.3 is 6.09 Å². The van der Waals surface area contributed by atoms with Gasteiger partial charge in [-0.05, 0) is 12.1 Å². The predicted molar refractivity (Wildman–Crippen MR) is 65.0 cm³/mol. The van der Waals surface area contributed by atoms with E-state index in [9.17, 15) is 4.79 Å². The van der Waals surface area contributed by atoms with Gasteiger partial charge < -0.3 is 20.1 Å². The van der Waals surface area contributed by atoms with Crippen molar-refractivity contribution in [3.8, 4) is 5.75 Å². The summed E-state index contributed by atoms with van der Waals surface area (Å²) in [6, 6.07) is 8.94. The maximum absolute atomic E-state index is 11.8. The lowest BCUT2D eigenvalue weighted by molar-refractivity contribution is 0.125. The summed E-state index contributed by atoms with van der Waals surface area (Å²) in [5, 5.41) is 0. The molecule has 2 N–H and O–H groups in total. The van der Waals surface area contributed by atoms with Crippen molar-refractivity contribution in [2.45, 2.75) is 0 Å². The van der Waals surface area contributed by atoms with Crippen molar-refractivity contribution >= 4 is 6.09 Å². The lowest BCUT2D eigenvalue weighted by Crippen LogP contribution is -2.39. The monoisotopic (exact) mass is 238 g/mol. The predicted octanol–water partition coefficient (Wildman–Crippen LogP) is 1.09. The summed E-state index contributed by atoms with van der Waals surface area (Å²) in [7, 11) is 1.59. The van der Waals surface area contributed by atoms with Crippen LogP contribution in [0.5, 0.6) is 5.75 Å². The van der Waals surface area contributed by atoms with Crippen molar-refractivity contribution in [2.75, 3.05) is 33.4 Å². The number of amides is 1. The Bertz CT molecular complexity index is 330. The van der Waals surface area contributed by atoms with Crippen LogP contribution in [0, 0.1) is 0 Å². The third-order valence-electron chi connectivity index (χ3n) is 2.17. The number of nitrogens with two attached hydrogens (primary N) is 1. The van der Waals surface area contributed by atoms with E-state index in [0.717, 1.165) is 0 Å². The molecule has 0 heterocycles. The Labute approximate surface area is 101 Å². The molecule has 1 aromatic rings. The standard InChI is InChI=1S/C12H18N2O3/c1-16-10-9-14(8-7-13)12(15)17-11-5-3-2-4-6-11/h2-6H,7-10,13H2,1H3. The number of carbonyl (C=O) groups excluding carboxylic acids is 1. The summed E-state index contributed by atoms with van der Waals surface area (Å²) in [6.45, 7) is 1.78. The van der Waals surface area contributed by atoms with Crippen LogP contribution in [0.4, 0.5) is 4.79 Å². The molecule has 0 aromatic heterocycles. The minimum atomic E-state index is -0.404. The Morgan fingerprint density at radius 3 is 2.59 bits per heavy atom. The Morgan fingerprint density at radius 1 is 1.29 bits per heavy atom. The molecule has 0 unspecified atom stereocenters. The number of ether oxygens (including phenoxy) is 2. The average molecular weight is 238 g/mol. The number of hydrogen-bond donors (Lipinski definition) is 1. The quantitative estimate of drug-likeness (QED) is 0.805. The van der Waals surface area contributed by atoms with E-state index in [1.54, 1.807) is 19.2 Å². The molecule has 0 fully saturated rings. The van der Waals surface area contributed by atoms with Crippen LogP contribution in [0.2, 0.25) is 0 Å². The zero-order valence-corrected chi connectivity index (χ0v) is 9.96. The van der Waals surface area contributed by atoms with Gasteiger partial charge in [0.25, 0.3) is 0 Å². The first-order chi connectivity index (χ1) is 8.27. The molecule has 0 aliphatic carbocycles. The third kappa shape index (κ3) is 4.84. The van der Waals surface area contributed by atoms with Crippen LogP contribution >= 0.6 is 0 Å². The smallest absolute Gasteiger partial charge is 0.410 e. The van der Waals surface area contributed by atoms with Crippen molar-refractivity contribution < 1.29 is 14.3 Å². The van der Waals surface area contributed by atoms with Crippen molar-refractivity contribution in [3.05, 3.63) is 30.3 Å². The van der Waals surface area contributed by atoms with E-state index in [1.165, 1.54) is 4.90 Å². The highest BCUT2D eigenvalue weighted by atomic mass is 16.6. The molecule has 1 amide bonds. The average Bonchev–Trinajstić information content (AvgIpc) is 2.35. The van der Waals surface area contributed by atoms with Crippen LogP contribution in [0.25, 0.3) is 0 Å². The summed E-state index contributed by atoms with van der Waals surface area (Å²) in [6.07, 6.45) is -0.404. The lowest BCUT2D eigenvalue weighted by Gasteiger charge is -2.20. The topological polar surface area (TPSA) is 64.8 Å². The van der Waals surface area contributed by atoms with E-state index < -0.39 is 6.09 Å². The summed E-state index contributed by atoms with van der Waals surface area (Å²) in [5.74, 6) is 0.525. The van der Waals surface area contributed by atoms with Crippen LogP contribution in [-0.2, 0) is 4.74 Å². The maximum atomic E-state index is 11.8. The number of methoxy groups -OCH3 is 1. The molecule has 0 bridgehead atoms. The highest BCUT2D eigenvalue weighted by molar-refractivity contribution is 5.70. The zero-order chi connectivity index (χ0) is 12.5. The minimum Gasteiger partial charge on any atom is -0.410 e. The summed E-state index contributed by atoms with van der Waals surface area (Å²) in [5.41, 5.74) is 5.44. The molecule has 0 aliphatic heterocycles. The molecule has 5 nitrogen and oxygen atoms in total. The maximum Gasteiger partial charge on any atom is 0.415 e. The van der Waals surface area contributed by atoms with Crippen molar-refractivity contribution in [2.24, 2.45) is 5.73 Å². The largest absolute Gasteiger partial charge is 0.415 e. The van der Waals surface area contributed by atoms with Gasteiger partial charge in [-0.1, -0.05) is 18.2 Å². The third-order valence-corrected chi connectivity index (χ3v) is 2.17. The number of nitrogens with zero attached hydrogens (tertiary/aromatic N) is 1. The zero-order valence-electron chi connectivity index (χ0n) is 9.96. The first kappa shape index (κ1) is 13.5. The first-order valence-electron chi connectivity index (χ1n) is 5.48. The molecule has 0 aliphatic rings. The Hall–Kier alpha value is -1.59. The van der Waals surface area contributed by atoms with E-state index in [4.69, 9.17) is 15.2 Å². The van der Waals surface area contributed by atoms with Gasteiger partial charge in [-0.2, -0.15) is 0 Å². The fraction of sp³-hybridized carbons (Fsp3) is 0.417. The Morgan fingerprint density at radius 2 is 2.00 bits per heavy atom. The molecule has 17 heavy (non-hydrogen) atoms. The van der Waals surface area contributed by atoms with E-state index in [1.807, 2.05) is 18.2 Å². The van der Waals surface area contributed by atoms with Crippen molar-refractivity contribution in [1.82, 2.24) is 4.90 Å². The van der Waals surface area contributed by atoms with E-state index in [0.29, 0.717) is 32.0 Å². The lowest BCUT2D eigenvalue weighted by atomic mass is 10.3. The Balaban J connectivity index is 2.52. The van der Waals surface area contributed by atoms with Crippen LogP contribution in [0.3, 0.4) is 0 Å². The van der Waals surface area contributed by atoms with Gasteiger partial charge in [0, 0.05) is 26.7 Å². The number of carbonyl (C=O) groups is 1. The molecular weight excluding hydrogens is 220 g/mol. The molecular formula is C12H18N2O3. The van der Waals surface area contributed by atoms with Gasteiger partial charge in [-0.25, -0.2) is 4.79 Å². The molecule has 0 saturated carbocycles. The molecule has 0 radical (unpaired) electrons. The number of benzene rings is 1. The summed E-state index contributed by atoms with van der Waals surface area (Å²) < 4.78 is 10.1. The number of para-hydroxylation sites is 1. The number of rotatable bonds is 6. The fourth-order valence-corrected chi connectivity index (χ4v) is 1.31. The van der Waals surface area contributed by atoms with E-state index in [-0.39, 0.29) is 0 Å². The van der Waals surface area contributed by atoms with Crippen molar-refractivity contribution in [1.29, 1.82) is 0 Å². The molecule has 1 rings (SSSR count). The first-order valence-corrected chi connectivity index (χ1v) is 5.48. The second kappa shape index (κ2) is 7.65. The second-order valence-electron chi connectivity index (χ2n) is 3.45. The SMILES string of the molecule is COCCN(CCN)C(=O)Oc1ccccc1. The van der Waals surface area contributed by atoms with Crippen LogP contribution in [-0.4, -0.2) is 44.3 Å². The normalized spacial score (nSPS) is 10.0. The number of hydrogen-bond acceptors (Lipinski definition) is 4. The molecule has 0 spiro atoms. The van der Waals surface area contributed by atoms with Crippen LogP contribution in [0.15, 0.2) is 30.3 Å². The van der Waals surface area contributed by atoms with Crippen molar-refractivity contribution in [3.63, 3.8) is 0 Å². The summed E-state index contributed by atoms with van der Waals surface area (Å²) >= 11 is 0. The highest BCUT2D eigenvalue weighted by Crippen LogP contribution is 2.09. The van der Waals surface area contributed by atoms with Crippen LogP contribution < -0.4 is 10.5 Å². The Kier molecular flexibility index (Phi) is 6.06. The van der Waals surface area contributed by atoms with Gasteiger partial charge in [0.15, 0.2) is 0 Å². The van der Waals surface area contributed by atoms with Crippen LogP contribution in [0.1, 0.15) is 0 Å². The fourth-order valence-electron chi connectivity index (χ4n) is 1.31. The molecule has 1 aromatic carbocycles. The highest BCUT2D eigenvalue weighted by Gasteiger charge is 2.14.